The van der Waals surface area contributed by atoms with Crippen LogP contribution < -0.4 is 0 Å². The number of furan rings is 1. The van der Waals surface area contributed by atoms with E-state index in [-0.39, 0.29) is 10.7 Å². The molecule has 0 radical (unpaired) electrons. The van der Waals surface area contributed by atoms with Crippen LogP contribution in [0.2, 0.25) is 0 Å². The Labute approximate surface area is 109 Å². The lowest BCUT2D eigenvalue weighted by Crippen LogP contribution is -1.84. The minimum atomic E-state index is -0.579. The van der Waals surface area contributed by atoms with Crippen LogP contribution in [0.25, 0.3) is 10.8 Å². The molecular weight excluding hydrogens is 310 g/mol. The minimum absolute atomic E-state index is 0.152. The van der Waals surface area contributed by atoms with Crippen molar-refractivity contribution in [1.29, 1.82) is 0 Å². The van der Waals surface area contributed by atoms with Crippen LogP contribution in [-0.4, -0.2) is 15.1 Å². The average Bonchev–Trinajstić information content (AvgIpc) is 2.95. The molecule has 2 aromatic heterocycles. The summed E-state index contributed by atoms with van der Waals surface area (Å²) < 4.78 is 5.05. The van der Waals surface area contributed by atoms with E-state index in [2.05, 4.69) is 26.1 Å². The lowest BCUT2D eigenvalue weighted by Gasteiger charge is -1.97. The van der Waals surface area contributed by atoms with Gasteiger partial charge in [0, 0.05) is 0 Å². The van der Waals surface area contributed by atoms with Gasteiger partial charge in [-0.1, -0.05) is 34.2 Å². The van der Waals surface area contributed by atoms with Crippen LogP contribution in [0.5, 0.6) is 0 Å². The number of alkyl halides is 1. The highest BCUT2D eigenvalue weighted by molar-refractivity contribution is 9.09. The Morgan fingerprint density at radius 1 is 1.59 bits per heavy atom. The van der Waals surface area contributed by atoms with Gasteiger partial charge in [-0.2, -0.15) is 0 Å². The Morgan fingerprint density at radius 2 is 2.35 bits per heavy atom. The molecule has 90 valence electrons. The van der Waals surface area contributed by atoms with Crippen molar-refractivity contribution in [3.05, 3.63) is 27.3 Å². The predicted molar refractivity (Wildman–Crippen MR) is 66.2 cm³/mol. The van der Waals surface area contributed by atoms with E-state index in [1.165, 1.54) is 23.5 Å². The number of halogens is 1. The molecule has 0 saturated heterocycles. The van der Waals surface area contributed by atoms with Gasteiger partial charge in [-0.3, -0.25) is 10.1 Å². The largest absolute Gasteiger partial charge is 0.433 e. The number of nitrogens with zero attached hydrogens (tertiary/aromatic N) is 3. The highest BCUT2D eigenvalue weighted by atomic mass is 79.9. The molecule has 0 aliphatic heterocycles. The molecule has 0 aromatic carbocycles. The van der Waals surface area contributed by atoms with Gasteiger partial charge < -0.3 is 4.42 Å². The summed E-state index contributed by atoms with van der Waals surface area (Å²) >= 11 is 4.83. The van der Waals surface area contributed by atoms with Crippen molar-refractivity contribution in [2.75, 3.05) is 0 Å². The van der Waals surface area contributed by atoms with Gasteiger partial charge in [0.2, 0.25) is 0 Å². The number of rotatable bonds is 4. The molecule has 2 aromatic rings. The van der Waals surface area contributed by atoms with Gasteiger partial charge in [-0.15, -0.1) is 10.2 Å². The number of aromatic nitrogens is 2. The Hall–Kier alpha value is -1.28. The van der Waals surface area contributed by atoms with Gasteiger partial charge in [0.25, 0.3) is 0 Å². The first-order valence-electron chi connectivity index (χ1n) is 4.84. The summed E-state index contributed by atoms with van der Waals surface area (Å²) in [6, 6.07) is 2.83. The van der Waals surface area contributed by atoms with E-state index in [0.717, 1.165) is 11.4 Å². The molecule has 6 nitrogen and oxygen atoms in total. The number of hydrogen-bond acceptors (Lipinski definition) is 6. The Kier molecular flexibility index (Phi) is 3.53. The van der Waals surface area contributed by atoms with E-state index < -0.39 is 4.92 Å². The van der Waals surface area contributed by atoms with Gasteiger partial charge in [-0.05, 0) is 12.5 Å². The predicted octanol–water partition coefficient (Wildman–Crippen LogP) is 3.55. The van der Waals surface area contributed by atoms with Crippen LogP contribution in [0.1, 0.15) is 23.2 Å². The van der Waals surface area contributed by atoms with E-state index in [9.17, 15) is 10.1 Å². The first-order valence-corrected chi connectivity index (χ1v) is 6.57. The van der Waals surface area contributed by atoms with Crippen molar-refractivity contribution in [3.8, 4) is 10.8 Å². The fourth-order valence-electron chi connectivity index (χ4n) is 1.18. The molecule has 0 aliphatic carbocycles. The minimum Gasteiger partial charge on any atom is -0.398 e. The third kappa shape index (κ3) is 2.52. The van der Waals surface area contributed by atoms with Gasteiger partial charge in [0.05, 0.1) is 10.9 Å². The molecule has 1 unspecified atom stereocenters. The maximum Gasteiger partial charge on any atom is 0.433 e. The van der Waals surface area contributed by atoms with Crippen LogP contribution in [0.15, 0.2) is 16.5 Å². The third-order valence-corrected chi connectivity index (χ3v) is 4.49. The van der Waals surface area contributed by atoms with E-state index in [1.807, 2.05) is 6.92 Å². The highest BCUT2D eigenvalue weighted by Crippen LogP contribution is 2.34. The Bertz CT molecular complexity index is 539. The lowest BCUT2D eigenvalue weighted by molar-refractivity contribution is -0.401. The van der Waals surface area contributed by atoms with E-state index in [0.29, 0.717) is 10.8 Å². The average molecular weight is 318 g/mol. The third-order valence-electron chi connectivity index (χ3n) is 2.05. The van der Waals surface area contributed by atoms with Crippen molar-refractivity contribution in [3.63, 3.8) is 0 Å². The summed E-state index contributed by atoms with van der Waals surface area (Å²) in [7, 11) is 0. The Morgan fingerprint density at radius 3 is 2.94 bits per heavy atom. The summed E-state index contributed by atoms with van der Waals surface area (Å²) in [4.78, 5) is 10.0. The van der Waals surface area contributed by atoms with Crippen LogP contribution >= 0.6 is 27.3 Å². The normalized spacial score (nSPS) is 12.6. The van der Waals surface area contributed by atoms with Crippen molar-refractivity contribution < 1.29 is 9.34 Å². The molecule has 8 heteroatoms. The second kappa shape index (κ2) is 4.92. The maximum absolute atomic E-state index is 10.5. The molecule has 0 aliphatic rings. The smallest absolute Gasteiger partial charge is 0.398 e. The Balaban J connectivity index is 2.27. The summed E-state index contributed by atoms with van der Waals surface area (Å²) in [5.41, 5.74) is 0. The van der Waals surface area contributed by atoms with Crippen LogP contribution in [0, 0.1) is 10.1 Å². The molecule has 1 atom stereocenters. The lowest BCUT2D eigenvalue weighted by atomic mass is 10.4. The summed E-state index contributed by atoms with van der Waals surface area (Å²) in [5.74, 6) is 0.0823. The molecule has 0 bridgehead atoms. The molecule has 17 heavy (non-hydrogen) atoms. The molecule has 0 spiro atoms. The van der Waals surface area contributed by atoms with E-state index in [1.54, 1.807) is 0 Å². The maximum atomic E-state index is 10.5. The molecule has 0 amide bonds. The zero-order valence-corrected chi connectivity index (χ0v) is 11.2. The van der Waals surface area contributed by atoms with Crippen molar-refractivity contribution in [2.45, 2.75) is 18.2 Å². The zero-order chi connectivity index (χ0) is 12.4. The molecular formula is C9H8BrN3O3S. The molecule has 0 fully saturated rings. The monoisotopic (exact) mass is 317 g/mol. The number of hydrogen-bond donors (Lipinski definition) is 0. The second-order valence-electron chi connectivity index (χ2n) is 3.22. The van der Waals surface area contributed by atoms with Gasteiger partial charge in [0.1, 0.15) is 9.93 Å². The van der Waals surface area contributed by atoms with Gasteiger partial charge in [-0.25, -0.2) is 0 Å². The van der Waals surface area contributed by atoms with Crippen molar-refractivity contribution in [2.24, 2.45) is 0 Å². The van der Waals surface area contributed by atoms with E-state index >= 15 is 0 Å². The summed E-state index contributed by atoms with van der Waals surface area (Å²) in [6.45, 7) is 2.03. The van der Waals surface area contributed by atoms with Gasteiger partial charge in [0.15, 0.2) is 10.8 Å². The zero-order valence-electron chi connectivity index (χ0n) is 8.79. The van der Waals surface area contributed by atoms with Crippen LogP contribution in [0.4, 0.5) is 5.88 Å². The molecule has 0 saturated carbocycles. The summed E-state index contributed by atoms with van der Waals surface area (Å²) in [6.07, 6.45) is 0.896. The fraction of sp³-hybridized carbons (Fsp3) is 0.333. The standard InChI is InChI=1S/C9H8BrN3O3S/c1-2-5(10)8-11-12-9(17-8)6-3-4-7(16-6)13(14)15/h3-5H,2H2,1H3. The first-order chi connectivity index (χ1) is 8.11. The molecule has 0 N–H and O–H groups in total. The van der Waals surface area contributed by atoms with Crippen LogP contribution in [0.3, 0.4) is 0 Å². The van der Waals surface area contributed by atoms with E-state index in [4.69, 9.17) is 4.42 Å². The highest BCUT2D eigenvalue weighted by Gasteiger charge is 2.18. The SMILES string of the molecule is CCC(Br)c1nnc(-c2ccc([N+](=O)[O-])o2)s1. The first kappa shape index (κ1) is 12.2. The van der Waals surface area contributed by atoms with Crippen LogP contribution in [-0.2, 0) is 0 Å². The molecule has 2 heterocycles. The second-order valence-corrected chi connectivity index (χ2v) is 5.33. The van der Waals surface area contributed by atoms with Gasteiger partial charge >= 0.3 is 5.88 Å². The topological polar surface area (TPSA) is 82.1 Å². The van der Waals surface area contributed by atoms with Crippen molar-refractivity contribution in [1.82, 2.24) is 10.2 Å². The quantitative estimate of drug-likeness (QED) is 0.489. The van der Waals surface area contributed by atoms with Crippen molar-refractivity contribution >= 4 is 33.2 Å². The molecule has 2 rings (SSSR count). The fourth-order valence-corrected chi connectivity index (χ4v) is 2.41. The summed E-state index contributed by atoms with van der Waals surface area (Å²) in [5, 5.41) is 19.8. The number of nitro groups is 1.